The number of nitrogens with two attached hydrogens (primary N) is 1. The third-order valence-electron chi connectivity index (χ3n) is 4.78. The van der Waals surface area contributed by atoms with Gasteiger partial charge in [-0.05, 0) is 49.6 Å². The summed E-state index contributed by atoms with van der Waals surface area (Å²) in [5.74, 6) is 0.654. The molecular formula is C21H25N5O3S. The molecule has 0 aliphatic carbocycles. The summed E-state index contributed by atoms with van der Waals surface area (Å²) in [7, 11) is 0. The van der Waals surface area contributed by atoms with Gasteiger partial charge in [-0.25, -0.2) is 0 Å². The fraction of sp³-hybridized carbons (Fsp3) is 0.333. The normalized spacial score (nSPS) is 12.0. The fourth-order valence-corrected chi connectivity index (χ4v) is 3.71. The van der Waals surface area contributed by atoms with Crippen LogP contribution in [0.25, 0.3) is 11.6 Å². The number of nitrogens with zero attached hydrogens (tertiary/aromatic N) is 3. The van der Waals surface area contributed by atoms with E-state index in [1.54, 1.807) is 16.7 Å². The summed E-state index contributed by atoms with van der Waals surface area (Å²) in [6.45, 7) is 6.38. The first-order valence-corrected chi connectivity index (χ1v) is 10.6. The molecule has 2 amide bonds. The van der Waals surface area contributed by atoms with Gasteiger partial charge in [0.1, 0.15) is 0 Å². The number of furan rings is 1. The monoisotopic (exact) mass is 427 g/mol. The molecule has 2 heterocycles. The van der Waals surface area contributed by atoms with Crippen molar-refractivity contribution in [3.05, 3.63) is 53.3 Å². The molecule has 0 saturated heterocycles. The second-order valence-corrected chi connectivity index (χ2v) is 8.02. The smallest absolute Gasteiger partial charge is 0.230 e. The van der Waals surface area contributed by atoms with E-state index in [9.17, 15) is 9.59 Å². The Morgan fingerprint density at radius 1 is 1.23 bits per heavy atom. The minimum atomic E-state index is -0.426. The Kier molecular flexibility index (Phi) is 6.94. The van der Waals surface area contributed by atoms with Crippen LogP contribution in [0.2, 0.25) is 0 Å². The summed E-state index contributed by atoms with van der Waals surface area (Å²) in [6, 6.07) is 9.57. The van der Waals surface area contributed by atoms with E-state index in [4.69, 9.17) is 10.2 Å². The number of hydrogen-bond donors (Lipinski definition) is 2. The number of hydrogen-bond acceptors (Lipinski definition) is 6. The molecule has 8 nitrogen and oxygen atoms in total. The molecule has 0 saturated carbocycles. The third kappa shape index (κ3) is 5.29. The zero-order valence-electron chi connectivity index (χ0n) is 17.2. The summed E-state index contributed by atoms with van der Waals surface area (Å²) in [4.78, 5) is 23.7. The average molecular weight is 428 g/mol. The maximum atomic E-state index is 12.5. The van der Waals surface area contributed by atoms with Crippen LogP contribution in [0, 0.1) is 13.8 Å². The van der Waals surface area contributed by atoms with Crippen LogP contribution in [-0.2, 0) is 16.1 Å². The van der Waals surface area contributed by atoms with E-state index in [0.29, 0.717) is 23.3 Å². The number of nitrogens with one attached hydrogen (secondary N) is 1. The number of carbonyl (C=O) groups excluding carboxylic acids is 2. The van der Waals surface area contributed by atoms with Crippen LogP contribution in [0.15, 0.2) is 46.2 Å². The Balaban J connectivity index is 1.66. The summed E-state index contributed by atoms with van der Waals surface area (Å²) < 4.78 is 7.14. The van der Waals surface area contributed by atoms with Gasteiger partial charge in [0, 0.05) is 13.0 Å². The lowest BCUT2D eigenvalue weighted by Crippen LogP contribution is -2.28. The molecule has 1 atom stereocenters. The molecule has 0 aliphatic heterocycles. The highest BCUT2D eigenvalue weighted by Gasteiger charge is 2.18. The lowest BCUT2D eigenvalue weighted by Gasteiger charge is -2.15. The van der Waals surface area contributed by atoms with Crippen LogP contribution in [0.4, 0.5) is 0 Å². The van der Waals surface area contributed by atoms with Crippen molar-refractivity contribution >= 4 is 23.6 Å². The van der Waals surface area contributed by atoms with E-state index in [-0.39, 0.29) is 24.1 Å². The maximum absolute atomic E-state index is 12.5. The first kappa shape index (κ1) is 21.6. The summed E-state index contributed by atoms with van der Waals surface area (Å²) in [5, 5.41) is 11.9. The molecular weight excluding hydrogens is 402 g/mol. The molecule has 3 aromatic rings. The standard InChI is InChI=1S/C21H25N5O3S/c1-13-6-7-16(11-14(13)2)15(3)23-19(28)12-30-21-25-24-20(17-5-4-10-29-17)26(21)9-8-18(22)27/h4-7,10-11,15H,8-9,12H2,1-3H3,(H2,22,27)(H,23,28). The van der Waals surface area contributed by atoms with Crippen molar-refractivity contribution in [3.8, 4) is 11.6 Å². The number of aryl methyl sites for hydroxylation is 2. The molecule has 0 bridgehead atoms. The minimum Gasteiger partial charge on any atom is -0.461 e. The van der Waals surface area contributed by atoms with E-state index in [1.165, 1.54) is 29.2 Å². The Labute approximate surface area is 179 Å². The lowest BCUT2D eigenvalue weighted by atomic mass is 10.0. The Morgan fingerprint density at radius 3 is 2.70 bits per heavy atom. The molecule has 1 unspecified atom stereocenters. The molecule has 158 valence electrons. The second-order valence-electron chi connectivity index (χ2n) is 7.07. The highest BCUT2D eigenvalue weighted by molar-refractivity contribution is 7.99. The number of amides is 2. The second kappa shape index (κ2) is 9.62. The number of thioether (sulfide) groups is 1. The summed E-state index contributed by atoms with van der Waals surface area (Å²) >= 11 is 1.25. The lowest BCUT2D eigenvalue weighted by molar-refractivity contribution is -0.119. The number of benzene rings is 1. The van der Waals surface area contributed by atoms with Gasteiger partial charge in [-0.1, -0.05) is 30.0 Å². The predicted molar refractivity (Wildman–Crippen MR) is 115 cm³/mol. The van der Waals surface area contributed by atoms with Crippen molar-refractivity contribution in [2.45, 2.75) is 44.9 Å². The SMILES string of the molecule is Cc1ccc(C(C)NC(=O)CSc2nnc(-c3ccco3)n2CCC(N)=O)cc1C. The summed E-state index contributed by atoms with van der Waals surface area (Å²) in [5.41, 5.74) is 8.76. The highest BCUT2D eigenvalue weighted by Crippen LogP contribution is 2.25. The molecule has 3 N–H and O–H groups in total. The van der Waals surface area contributed by atoms with Crippen LogP contribution < -0.4 is 11.1 Å². The Hall–Kier alpha value is -3.07. The van der Waals surface area contributed by atoms with Gasteiger partial charge in [0.05, 0.1) is 18.1 Å². The quantitative estimate of drug-likeness (QED) is 0.507. The first-order valence-electron chi connectivity index (χ1n) is 9.60. The van der Waals surface area contributed by atoms with Crippen molar-refractivity contribution in [2.75, 3.05) is 5.75 Å². The molecule has 0 radical (unpaired) electrons. The van der Waals surface area contributed by atoms with Crippen molar-refractivity contribution in [1.29, 1.82) is 0 Å². The molecule has 30 heavy (non-hydrogen) atoms. The molecule has 1 aromatic carbocycles. The zero-order chi connectivity index (χ0) is 21.7. The van der Waals surface area contributed by atoms with Gasteiger partial charge < -0.3 is 15.5 Å². The van der Waals surface area contributed by atoms with Crippen LogP contribution in [0.1, 0.15) is 36.1 Å². The van der Waals surface area contributed by atoms with E-state index < -0.39 is 5.91 Å². The van der Waals surface area contributed by atoms with Gasteiger partial charge >= 0.3 is 0 Å². The van der Waals surface area contributed by atoms with Crippen LogP contribution in [-0.4, -0.2) is 32.3 Å². The molecule has 0 spiro atoms. The average Bonchev–Trinajstić information content (AvgIpc) is 3.36. The van der Waals surface area contributed by atoms with Crippen molar-refractivity contribution in [3.63, 3.8) is 0 Å². The third-order valence-corrected chi connectivity index (χ3v) is 5.75. The number of aromatic nitrogens is 3. The molecule has 2 aromatic heterocycles. The topological polar surface area (TPSA) is 116 Å². The zero-order valence-corrected chi connectivity index (χ0v) is 18.0. The highest BCUT2D eigenvalue weighted by atomic mass is 32.2. The van der Waals surface area contributed by atoms with Crippen molar-refractivity contribution < 1.29 is 14.0 Å². The van der Waals surface area contributed by atoms with Gasteiger partial charge in [-0.3, -0.25) is 14.2 Å². The predicted octanol–water partition coefficient (Wildman–Crippen LogP) is 3.00. The summed E-state index contributed by atoms with van der Waals surface area (Å²) in [6.07, 6.45) is 1.67. The molecule has 3 rings (SSSR count). The van der Waals surface area contributed by atoms with Crippen LogP contribution in [0.5, 0.6) is 0 Å². The van der Waals surface area contributed by atoms with E-state index in [2.05, 4.69) is 41.5 Å². The number of primary amides is 1. The Bertz CT molecular complexity index is 1030. The molecule has 0 aliphatic rings. The van der Waals surface area contributed by atoms with Crippen LogP contribution >= 0.6 is 11.8 Å². The van der Waals surface area contributed by atoms with E-state index in [0.717, 1.165) is 5.56 Å². The largest absolute Gasteiger partial charge is 0.461 e. The van der Waals surface area contributed by atoms with Gasteiger partial charge in [0.2, 0.25) is 11.8 Å². The van der Waals surface area contributed by atoms with Gasteiger partial charge in [-0.2, -0.15) is 0 Å². The van der Waals surface area contributed by atoms with Gasteiger partial charge in [0.25, 0.3) is 0 Å². The first-order chi connectivity index (χ1) is 14.3. The van der Waals surface area contributed by atoms with Crippen molar-refractivity contribution in [2.24, 2.45) is 5.73 Å². The van der Waals surface area contributed by atoms with Gasteiger partial charge in [-0.15, -0.1) is 10.2 Å². The van der Waals surface area contributed by atoms with E-state index >= 15 is 0 Å². The molecule has 0 fully saturated rings. The number of rotatable bonds is 9. The fourth-order valence-electron chi connectivity index (χ4n) is 2.94. The van der Waals surface area contributed by atoms with Crippen LogP contribution in [0.3, 0.4) is 0 Å². The minimum absolute atomic E-state index is 0.108. The number of carbonyl (C=O) groups is 2. The maximum Gasteiger partial charge on any atom is 0.230 e. The Morgan fingerprint density at radius 2 is 2.03 bits per heavy atom. The van der Waals surface area contributed by atoms with Gasteiger partial charge in [0.15, 0.2) is 16.7 Å². The molecule has 9 heteroatoms. The van der Waals surface area contributed by atoms with E-state index in [1.807, 2.05) is 13.0 Å². The van der Waals surface area contributed by atoms with Crippen molar-refractivity contribution in [1.82, 2.24) is 20.1 Å².